The highest BCUT2D eigenvalue weighted by atomic mass is 19.1. The average Bonchev–Trinajstić information content (AvgIpc) is 2.52. The summed E-state index contributed by atoms with van der Waals surface area (Å²) in [5.74, 6) is 1.20. The topological polar surface area (TPSA) is 75.8 Å². The van der Waals surface area contributed by atoms with Gasteiger partial charge in [0.1, 0.15) is 0 Å². The predicted molar refractivity (Wildman–Crippen MR) is 87.9 cm³/mol. The molecule has 1 aliphatic carbocycles. The number of nitrogens with two attached hydrogens (primary N) is 1. The maximum Gasteiger partial charge on any atom is 0.188 e. The van der Waals surface area contributed by atoms with Crippen LogP contribution in [0.1, 0.15) is 24.8 Å². The summed E-state index contributed by atoms with van der Waals surface area (Å²) >= 11 is 0. The first-order valence-corrected chi connectivity index (χ1v) is 8.23. The zero-order chi connectivity index (χ0) is 16.1. The lowest BCUT2D eigenvalue weighted by atomic mass is 9.85. The number of aliphatic imine (C=N–C) groups is 1. The quantitative estimate of drug-likeness (QED) is 0.631. The van der Waals surface area contributed by atoms with Gasteiger partial charge < -0.3 is 20.7 Å². The molecule has 0 radical (unpaired) electrons. The minimum atomic E-state index is -0.319. The molecule has 23 heavy (non-hydrogen) atoms. The Morgan fingerprint density at radius 3 is 2.87 bits per heavy atom. The molecule has 2 aliphatic rings. The third kappa shape index (κ3) is 4.31. The molecule has 2 fully saturated rings. The molecular weight excluding hydrogens is 297 g/mol. The van der Waals surface area contributed by atoms with Gasteiger partial charge in [-0.05, 0) is 30.4 Å². The maximum atomic E-state index is 14.2. The van der Waals surface area contributed by atoms with Crippen molar-refractivity contribution in [1.82, 2.24) is 10.3 Å². The minimum Gasteiger partial charge on any atom is -0.378 e. The fraction of sp³-hybridized carbons (Fsp3) is 0.625. The Kier molecular flexibility index (Phi) is 5.27. The summed E-state index contributed by atoms with van der Waals surface area (Å²) in [5.41, 5.74) is 6.55. The zero-order valence-electron chi connectivity index (χ0n) is 13.3. The van der Waals surface area contributed by atoms with Crippen LogP contribution in [0, 0.1) is 11.7 Å². The third-order valence-electron chi connectivity index (χ3n) is 4.42. The number of guanidine groups is 1. The van der Waals surface area contributed by atoms with Crippen molar-refractivity contribution in [3.05, 3.63) is 23.6 Å². The highest BCUT2D eigenvalue weighted by Gasteiger charge is 2.17. The van der Waals surface area contributed by atoms with E-state index in [9.17, 15) is 4.39 Å². The number of nitrogens with zero attached hydrogens (tertiary/aromatic N) is 3. The van der Waals surface area contributed by atoms with Gasteiger partial charge in [0, 0.05) is 25.8 Å². The lowest BCUT2D eigenvalue weighted by Gasteiger charge is -2.28. The number of anilines is 1. The molecule has 1 aromatic heterocycles. The Morgan fingerprint density at radius 1 is 1.43 bits per heavy atom. The average molecular weight is 321 g/mol. The highest BCUT2D eigenvalue weighted by molar-refractivity contribution is 5.77. The molecule has 0 bridgehead atoms. The van der Waals surface area contributed by atoms with Gasteiger partial charge in [0.25, 0.3) is 0 Å². The van der Waals surface area contributed by atoms with Gasteiger partial charge in [-0.3, -0.25) is 0 Å². The molecule has 6 nitrogen and oxygen atoms in total. The van der Waals surface area contributed by atoms with Crippen molar-refractivity contribution in [3.63, 3.8) is 0 Å². The number of rotatable bonds is 5. The van der Waals surface area contributed by atoms with E-state index in [2.05, 4.69) is 15.3 Å². The van der Waals surface area contributed by atoms with Crippen LogP contribution in [0.3, 0.4) is 0 Å². The summed E-state index contributed by atoms with van der Waals surface area (Å²) in [6, 6.07) is 1.49. The van der Waals surface area contributed by atoms with Gasteiger partial charge in [0.2, 0.25) is 0 Å². The largest absolute Gasteiger partial charge is 0.378 e. The monoisotopic (exact) mass is 321 g/mol. The van der Waals surface area contributed by atoms with Gasteiger partial charge in [0.05, 0.1) is 19.8 Å². The van der Waals surface area contributed by atoms with E-state index in [4.69, 9.17) is 10.5 Å². The van der Waals surface area contributed by atoms with Crippen molar-refractivity contribution in [3.8, 4) is 0 Å². The van der Waals surface area contributed by atoms with E-state index in [1.165, 1.54) is 25.3 Å². The van der Waals surface area contributed by atoms with E-state index >= 15 is 0 Å². The zero-order valence-corrected chi connectivity index (χ0v) is 13.3. The first-order chi connectivity index (χ1) is 11.2. The van der Waals surface area contributed by atoms with Crippen molar-refractivity contribution in [1.29, 1.82) is 0 Å². The summed E-state index contributed by atoms with van der Waals surface area (Å²) in [7, 11) is 0. The van der Waals surface area contributed by atoms with E-state index in [0.717, 1.165) is 12.5 Å². The van der Waals surface area contributed by atoms with Crippen molar-refractivity contribution < 1.29 is 9.13 Å². The Balaban J connectivity index is 1.54. The number of morpholine rings is 1. The maximum absolute atomic E-state index is 14.2. The van der Waals surface area contributed by atoms with Crippen LogP contribution in [0.4, 0.5) is 10.2 Å². The SMILES string of the molecule is NC(=NCc1cnc(N2CCOCC2)c(F)c1)NCC1CCC1. The molecule has 0 amide bonds. The van der Waals surface area contributed by atoms with E-state index in [0.29, 0.717) is 50.2 Å². The number of ether oxygens (including phenoxy) is 1. The smallest absolute Gasteiger partial charge is 0.188 e. The van der Waals surface area contributed by atoms with Crippen LogP contribution < -0.4 is 16.0 Å². The standard InChI is InChI=1S/C16H24FN5O/c17-14-8-13(10-19-15(14)22-4-6-23-7-5-22)11-21-16(18)20-9-12-2-1-3-12/h8,10,12H,1-7,9,11H2,(H3,18,20,21). The molecular formula is C16H24FN5O. The second kappa shape index (κ2) is 7.59. The van der Waals surface area contributed by atoms with Gasteiger partial charge in [-0.1, -0.05) is 6.42 Å². The third-order valence-corrected chi connectivity index (χ3v) is 4.42. The summed E-state index contributed by atoms with van der Waals surface area (Å²) in [5, 5.41) is 3.12. The molecule has 0 spiro atoms. The Bertz CT molecular complexity index is 555. The van der Waals surface area contributed by atoms with Gasteiger partial charge in [-0.2, -0.15) is 0 Å². The highest BCUT2D eigenvalue weighted by Crippen LogP contribution is 2.25. The lowest BCUT2D eigenvalue weighted by molar-refractivity contribution is 0.122. The first kappa shape index (κ1) is 16.0. The number of pyridine rings is 1. The summed E-state index contributed by atoms with van der Waals surface area (Å²) < 4.78 is 19.5. The van der Waals surface area contributed by atoms with Gasteiger partial charge >= 0.3 is 0 Å². The van der Waals surface area contributed by atoms with E-state index in [1.807, 2.05) is 4.90 Å². The van der Waals surface area contributed by atoms with Crippen molar-refractivity contribution in [2.45, 2.75) is 25.8 Å². The minimum absolute atomic E-state index is 0.319. The molecule has 0 unspecified atom stereocenters. The van der Waals surface area contributed by atoms with Gasteiger partial charge in [-0.25, -0.2) is 14.4 Å². The molecule has 7 heteroatoms. The Labute approximate surface area is 135 Å². The molecule has 2 heterocycles. The van der Waals surface area contributed by atoms with Crippen LogP contribution in [0.15, 0.2) is 17.3 Å². The van der Waals surface area contributed by atoms with Crippen LogP contribution in [-0.2, 0) is 11.3 Å². The lowest BCUT2D eigenvalue weighted by Crippen LogP contribution is -2.37. The number of hydrogen-bond acceptors (Lipinski definition) is 4. The molecule has 3 N–H and O–H groups in total. The molecule has 1 saturated carbocycles. The second-order valence-electron chi connectivity index (χ2n) is 6.13. The van der Waals surface area contributed by atoms with Crippen molar-refractivity contribution >= 4 is 11.8 Å². The Morgan fingerprint density at radius 2 is 2.22 bits per heavy atom. The number of aromatic nitrogens is 1. The number of hydrogen-bond donors (Lipinski definition) is 2. The van der Waals surface area contributed by atoms with Crippen LogP contribution in [0.25, 0.3) is 0 Å². The fourth-order valence-electron chi connectivity index (χ4n) is 2.74. The van der Waals surface area contributed by atoms with E-state index in [-0.39, 0.29) is 5.82 Å². The summed E-state index contributed by atoms with van der Waals surface area (Å²) in [6.45, 7) is 3.75. The Hall–Kier alpha value is -1.89. The molecule has 0 atom stereocenters. The van der Waals surface area contributed by atoms with Crippen LogP contribution in [-0.4, -0.2) is 43.8 Å². The van der Waals surface area contributed by atoms with E-state index < -0.39 is 0 Å². The normalized spacial score (nSPS) is 19.5. The van der Waals surface area contributed by atoms with Gasteiger partial charge in [0.15, 0.2) is 17.6 Å². The summed E-state index contributed by atoms with van der Waals surface area (Å²) in [6.07, 6.45) is 5.50. The predicted octanol–water partition coefficient (Wildman–Crippen LogP) is 1.26. The van der Waals surface area contributed by atoms with Crippen molar-refractivity contribution in [2.24, 2.45) is 16.6 Å². The summed E-state index contributed by atoms with van der Waals surface area (Å²) in [4.78, 5) is 10.4. The van der Waals surface area contributed by atoms with Crippen LogP contribution >= 0.6 is 0 Å². The molecule has 126 valence electrons. The first-order valence-electron chi connectivity index (χ1n) is 8.23. The van der Waals surface area contributed by atoms with E-state index in [1.54, 1.807) is 6.20 Å². The fourth-order valence-corrected chi connectivity index (χ4v) is 2.74. The molecule has 1 aromatic rings. The molecule has 1 saturated heterocycles. The molecule has 1 aliphatic heterocycles. The second-order valence-corrected chi connectivity index (χ2v) is 6.13. The van der Waals surface area contributed by atoms with Crippen LogP contribution in [0.5, 0.6) is 0 Å². The number of halogens is 1. The van der Waals surface area contributed by atoms with Crippen LogP contribution in [0.2, 0.25) is 0 Å². The van der Waals surface area contributed by atoms with Gasteiger partial charge in [-0.15, -0.1) is 0 Å². The van der Waals surface area contributed by atoms with Crippen molar-refractivity contribution in [2.75, 3.05) is 37.7 Å². The molecule has 3 rings (SSSR count). The number of nitrogens with one attached hydrogen (secondary N) is 1. The molecule has 0 aromatic carbocycles.